The van der Waals surface area contributed by atoms with Crippen LogP contribution in [0.15, 0.2) is 18.2 Å². The van der Waals surface area contributed by atoms with Crippen molar-refractivity contribution in [3.8, 4) is 0 Å². The summed E-state index contributed by atoms with van der Waals surface area (Å²) in [5.41, 5.74) is 1.69. The van der Waals surface area contributed by atoms with Crippen LogP contribution in [-0.4, -0.2) is 23.7 Å². The van der Waals surface area contributed by atoms with Crippen molar-refractivity contribution in [3.05, 3.63) is 29.3 Å². The number of aromatic carboxylic acids is 1. The Balaban J connectivity index is 1.90. The molecule has 21 heavy (non-hydrogen) atoms. The molecule has 1 aliphatic carbocycles. The van der Waals surface area contributed by atoms with E-state index in [1.165, 1.54) is 18.9 Å². The highest BCUT2D eigenvalue weighted by Gasteiger charge is 2.28. The van der Waals surface area contributed by atoms with Crippen LogP contribution in [0.5, 0.6) is 0 Å². The molecule has 1 aromatic rings. The molecule has 1 aromatic carbocycles. The summed E-state index contributed by atoms with van der Waals surface area (Å²) < 4.78 is 0. The molecule has 0 radical (unpaired) electrons. The van der Waals surface area contributed by atoms with Crippen molar-refractivity contribution in [1.29, 1.82) is 0 Å². The minimum absolute atomic E-state index is 0.209. The van der Waals surface area contributed by atoms with Gasteiger partial charge in [-0.1, -0.05) is 19.8 Å². The smallest absolute Gasteiger partial charge is 0.335 e. The van der Waals surface area contributed by atoms with E-state index in [0.717, 1.165) is 12.8 Å². The number of rotatable bonds is 4. The van der Waals surface area contributed by atoms with Crippen LogP contribution in [0.25, 0.3) is 0 Å². The van der Waals surface area contributed by atoms with Crippen LogP contribution in [-0.2, 0) is 0 Å². The maximum absolute atomic E-state index is 11.9. The third-order valence-corrected chi connectivity index (χ3v) is 4.20. The topological polar surface area (TPSA) is 78.4 Å². The van der Waals surface area contributed by atoms with Crippen molar-refractivity contribution < 1.29 is 14.7 Å². The fourth-order valence-corrected chi connectivity index (χ4v) is 2.86. The van der Waals surface area contributed by atoms with Crippen LogP contribution >= 0.6 is 0 Å². The molecule has 1 saturated carbocycles. The van der Waals surface area contributed by atoms with Crippen LogP contribution in [0.3, 0.4) is 0 Å². The number of benzene rings is 1. The first-order valence-corrected chi connectivity index (χ1v) is 7.28. The number of aryl methyl sites for hydroxylation is 1. The Kier molecular flexibility index (Phi) is 4.50. The lowest BCUT2D eigenvalue weighted by Crippen LogP contribution is -2.36. The number of carboxylic acid groups (broad SMARTS) is 1. The van der Waals surface area contributed by atoms with E-state index in [2.05, 4.69) is 17.6 Å². The molecule has 2 rings (SSSR count). The van der Waals surface area contributed by atoms with E-state index in [4.69, 9.17) is 5.11 Å². The molecule has 114 valence electrons. The van der Waals surface area contributed by atoms with Crippen LogP contribution in [0.2, 0.25) is 0 Å². The fraction of sp³-hybridized carbons (Fsp3) is 0.500. The zero-order chi connectivity index (χ0) is 15.5. The Labute approximate surface area is 124 Å². The van der Waals surface area contributed by atoms with E-state index in [-0.39, 0.29) is 17.0 Å². The van der Waals surface area contributed by atoms with Gasteiger partial charge in [-0.2, -0.15) is 0 Å². The van der Waals surface area contributed by atoms with Gasteiger partial charge < -0.3 is 15.7 Å². The number of nitrogens with one attached hydrogen (secondary N) is 2. The molecule has 0 aromatic heterocycles. The van der Waals surface area contributed by atoms with Gasteiger partial charge in [-0.3, -0.25) is 0 Å². The summed E-state index contributed by atoms with van der Waals surface area (Å²) in [6.45, 7) is 4.59. The summed E-state index contributed by atoms with van der Waals surface area (Å²) in [6, 6.07) is 4.53. The Hall–Kier alpha value is -2.04. The molecular formula is C16H22N2O3. The molecule has 5 nitrogen and oxygen atoms in total. The standard InChI is InChI=1S/C16H22N2O3/c1-11-9-12(5-6-13(11)14(19)20)18-15(21)17-10-16(2)7-3-4-8-16/h5-6,9H,3-4,7-8,10H2,1-2H3,(H,19,20)(H2,17,18,21). The van der Waals surface area contributed by atoms with E-state index in [1.54, 1.807) is 19.1 Å². The average Bonchev–Trinajstić information content (AvgIpc) is 2.84. The van der Waals surface area contributed by atoms with E-state index in [1.807, 2.05) is 0 Å². The number of anilines is 1. The summed E-state index contributed by atoms with van der Waals surface area (Å²) in [4.78, 5) is 22.8. The van der Waals surface area contributed by atoms with Crippen molar-refractivity contribution in [3.63, 3.8) is 0 Å². The molecule has 1 aliphatic rings. The molecule has 1 fully saturated rings. The van der Waals surface area contributed by atoms with Gasteiger partial charge in [0, 0.05) is 12.2 Å². The van der Waals surface area contributed by atoms with Gasteiger partial charge in [0.25, 0.3) is 0 Å². The summed E-state index contributed by atoms with van der Waals surface area (Å²) in [5, 5.41) is 14.6. The maximum atomic E-state index is 11.9. The van der Waals surface area contributed by atoms with Gasteiger partial charge in [0.1, 0.15) is 0 Å². The first-order valence-electron chi connectivity index (χ1n) is 7.28. The van der Waals surface area contributed by atoms with Crippen molar-refractivity contribution in [2.75, 3.05) is 11.9 Å². The molecular weight excluding hydrogens is 268 g/mol. The van der Waals surface area contributed by atoms with Gasteiger partial charge in [0.05, 0.1) is 5.56 Å². The summed E-state index contributed by atoms with van der Waals surface area (Å²) >= 11 is 0. The Morgan fingerprint density at radius 1 is 1.29 bits per heavy atom. The van der Waals surface area contributed by atoms with E-state index >= 15 is 0 Å². The third-order valence-electron chi connectivity index (χ3n) is 4.20. The fourth-order valence-electron chi connectivity index (χ4n) is 2.86. The molecule has 0 spiro atoms. The Morgan fingerprint density at radius 2 is 1.95 bits per heavy atom. The lowest BCUT2D eigenvalue weighted by atomic mass is 9.89. The van der Waals surface area contributed by atoms with Crippen molar-refractivity contribution in [2.24, 2.45) is 5.41 Å². The molecule has 0 aliphatic heterocycles. The van der Waals surface area contributed by atoms with Crippen molar-refractivity contribution in [2.45, 2.75) is 39.5 Å². The van der Waals surface area contributed by atoms with Crippen molar-refractivity contribution >= 4 is 17.7 Å². The number of hydrogen-bond donors (Lipinski definition) is 3. The second kappa shape index (κ2) is 6.16. The van der Waals surface area contributed by atoms with Gasteiger partial charge in [-0.05, 0) is 48.9 Å². The highest BCUT2D eigenvalue weighted by Crippen LogP contribution is 2.36. The number of carbonyl (C=O) groups excluding carboxylic acids is 1. The zero-order valence-electron chi connectivity index (χ0n) is 12.5. The number of urea groups is 1. The highest BCUT2D eigenvalue weighted by molar-refractivity contribution is 5.92. The van der Waals surface area contributed by atoms with Gasteiger partial charge in [-0.15, -0.1) is 0 Å². The molecule has 0 saturated heterocycles. The van der Waals surface area contributed by atoms with E-state index in [9.17, 15) is 9.59 Å². The SMILES string of the molecule is Cc1cc(NC(=O)NCC2(C)CCCC2)ccc1C(=O)O. The summed E-state index contributed by atoms with van der Waals surface area (Å²) in [6.07, 6.45) is 4.77. The van der Waals surface area contributed by atoms with Crippen molar-refractivity contribution in [1.82, 2.24) is 5.32 Å². The molecule has 0 bridgehead atoms. The zero-order valence-corrected chi connectivity index (χ0v) is 12.5. The minimum Gasteiger partial charge on any atom is -0.478 e. The number of hydrogen-bond acceptors (Lipinski definition) is 2. The van der Waals surface area contributed by atoms with Crippen LogP contribution in [0.1, 0.15) is 48.5 Å². The quantitative estimate of drug-likeness (QED) is 0.795. The van der Waals surface area contributed by atoms with Gasteiger partial charge in [-0.25, -0.2) is 9.59 Å². The largest absolute Gasteiger partial charge is 0.478 e. The summed E-state index contributed by atoms with van der Waals surface area (Å²) in [7, 11) is 0. The molecule has 0 unspecified atom stereocenters. The van der Waals surface area contributed by atoms with E-state index < -0.39 is 5.97 Å². The second-order valence-electron chi connectivity index (χ2n) is 6.16. The molecule has 0 atom stereocenters. The first-order chi connectivity index (χ1) is 9.89. The lowest BCUT2D eigenvalue weighted by molar-refractivity contribution is 0.0696. The third kappa shape index (κ3) is 3.97. The van der Waals surface area contributed by atoms with Gasteiger partial charge in [0.15, 0.2) is 0 Å². The number of carboxylic acids is 1. The minimum atomic E-state index is -0.961. The Morgan fingerprint density at radius 3 is 2.52 bits per heavy atom. The molecule has 5 heteroatoms. The monoisotopic (exact) mass is 290 g/mol. The highest BCUT2D eigenvalue weighted by atomic mass is 16.4. The Bertz CT molecular complexity index is 548. The van der Waals surface area contributed by atoms with Gasteiger partial charge >= 0.3 is 12.0 Å². The van der Waals surface area contributed by atoms with Gasteiger partial charge in [0.2, 0.25) is 0 Å². The maximum Gasteiger partial charge on any atom is 0.335 e. The predicted molar refractivity (Wildman–Crippen MR) is 81.7 cm³/mol. The first kappa shape index (κ1) is 15.4. The molecule has 3 N–H and O–H groups in total. The molecule has 0 heterocycles. The van der Waals surface area contributed by atoms with Crippen LogP contribution in [0, 0.1) is 12.3 Å². The summed E-state index contributed by atoms with van der Waals surface area (Å²) in [5.74, 6) is -0.961. The van der Waals surface area contributed by atoms with Crippen LogP contribution < -0.4 is 10.6 Å². The number of amides is 2. The molecule has 2 amide bonds. The lowest BCUT2D eigenvalue weighted by Gasteiger charge is -2.23. The average molecular weight is 290 g/mol. The number of carbonyl (C=O) groups is 2. The van der Waals surface area contributed by atoms with E-state index in [0.29, 0.717) is 17.8 Å². The second-order valence-corrected chi connectivity index (χ2v) is 6.16. The predicted octanol–water partition coefficient (Wildman–Crippen LogP) is 3.40. The van der Waals surface area contributed by atoms with Crippen LogP contribution in [0.4, 0.5) is 10.5 Å². The normalized spacial score (nSPS) is 16.5.